The van der Waals surface area contributed by atoms with E-state index in [9.17, 15) is 19.4 Å². The van der Waals surface area contributed by atoms with Crippen LogP contribution in [-0.4, -0.2) is 73.4 Å². The SMILES string of the molecule is CCCCCCCCCCCCCCCCCCCCCCC/C=C/CC/C=C/CC/C=C/C(O)C(COP(=O)(O)OCC[N+](C)(C)C)NC(=O)CCCCCCCCCCCCC. The van der Waals surface area contributed by atoms with Crippen LogP contribution in [0.4, 0.5) is 0 Å². The fraction of sp³-hybridized carbons (Fsp3) is 0.873. The standard InChI is InChI=1S/C55H107N2O6P/c1-6-8-10-12-14-16-18-19-20-21-22-23-24-25-26-27-28-29-30-31-32-33-34-35-36-37-39-40-42-44-46-48-54(58)53(52-63-64(60,61)62-51-50-57(3,4)5)56-55(59)49-47-45-43-41-38-17-15-13-11-9-7-2/h34-35,39-40,46,48,53-54,58H,6-33,36-38,41-45,47,49-52H2,1-5H3,(H-,56,59,60,61)/p+1/b35-34+,40-39+,48-46+. The summed E-state index contributed by atoms with van der Waals surface area (Å²) in [6.45, 7) is 4.79. The average Bonchev–Trinajstić information content (AvgIpc) is 3.25. The number of phosphoric acid groups is 1. The van der Waals surface area contributed by atoms with E-state index in [4.69, 9.17) is 9.05 Å². The van der Waals surface area contributed by atoms with Gasteiger partial charge in [0, 0.05) is 6.42 Å². The van der Waals surface area contributed by atoms with Gasteiger partial charge in [-0.15, -0.1) is 0 Å². The number of amides is 1. The largest absolute Gasteiger partial charge is 0.472 e. The molecule has 0 aromatic carbocycles. The second kappa shape index (κ2) is 46.8. The number of unbranched alkanes of at least 4 members (excludes halogenated alkanes) is 33. The fourth-order valence-electron chi connectivity index (χ4n) is 8.02. The molecule has 0 bridgehead atoms. The molecule has 3 N–H and O–H groups in total. The summed E-state index contributed by atoms with van der Waals surface area (Å²) < 4.78 is 23.6. The Morgan fingerprint density at radius 2 is 0.859 bits per heavy atom. The monoisotopic (exact) mass is 924 g/mol. The maximum Gasteiger partial charge on any atom is 0.472 e. The molecule has 3 unspecified atom stereocenters. The summed E-state index contributed by atoms with van der Waals surface area (Å²) >= 11 is 0. The smallest absolute Gasteiger partial charge is 0.387 e. The Labute approximate surface area is 397 Å². The van der Waals surface area contributed by atoms with Crippen molar-refractivity contribution in [3.8, 4) is 0 Å². The van der Waals surface area contributed by atoms with E-state index < -0.39 is 20.0 Å². The Kier molecular flexibility index (Phi) is 45.9. The van der Waals surface area contributed by atoms with Crippen molar-refractivity contribution in [1.82, 2.24) is 5.32 Å². The molecule has 8 nitrogen and oxygen atoms in total. The zero-order valence-corrected chi connectivity index (χ0v) is 43.9. The molecule has 9 heteroatoms. The molecule has 0 saturated heterocycles. The third kappa shape index (κ3) is 48.6. The summed E-state index contributed by atoms with van der Waals surface area (Å²) in [6.07, 6.45) is 59.8. The number of aliphatic hydroxyl groups excluding tert-OH is 1. The Morgan fingerprint density at radius 1 is 0.516 bits per heavy atom. The highest BCUT2D eigenvalue weighted by molar-refractivity contribution is 7.47. The summed E-state index contributed by atoms with van der Waals surface area (Å²) in [5.41, 5.74) is 0. The molecular weight excluding hydrogens is 816 g/mol. The number of allylic oxidation sites excluding steroid dienone is 5. The summed E-state index contributed by atoms with van der Waals surface area (Å²) in [7, 11) is 1.55. The second-order valence-electron chi connectivity index (χ2n) is 19.9. The molecular formula is C55H108N2O6P+. The maximum atomic E-state index is 12.9. The molecule has 0 aromatic rings. The van der Waals surface area contributed by atoms with Crippen molar-refractivity contribution in [2.24, 2.45) is 0 Å². The first kappa shape index (κ1) is 62.7. The van der Waals surface area contributed by atoms with E-state index in [0.717, 1.165) is 44.9 Å². The number of nitrogens with one attached hydrogen (secondary N) is 1. The molecule has 0 radical (unpaired) electrons. The quantitative estimate of drug-likeness (QED) is 0.0243. The zero-order valence-electron chi connectivity index (χ0n) is 43.0. The Morgan fingerprint density at radius 3 is 1.25 bits per heavy atom. The summed E-state index contributed by atoms with van der Waals surface area (Å²) in [4.78, 5) is 23.1. The number of nitrogens with zero attached hydrogens (tertiary/aromatic N) is 1. The van der Waals surface area contributed by atoms with Crippen LogP contribution in [-0.2, 0) is 18.4 Å². The van der Waals surface area contributed by atoms with Crippen LogP contribution in [0.25, 0.3) is 0 Å². The number of carbonyl (C=O) groups excluding carboxylic acids is 1. The van der Waals surface area contributed by atoms with Crippen LogP contribution in [0.5, 0.6) is 0 Å². The van der Waals surface area contributed by atoms with Crippen LogP contribution in [0.15, 0.2) is 36.5 Å². The Bertz CT molecular complexity index is 1140. The van der Waals surface area contributed by atoms with Gasteiger partial charge in [-0.1, -0.05) is 243 Å². The molecule has 3 atom stereocenters. The first-order valence-electron chi connectivity index (χ1n) is 27.4. The van der Waals surface area contributed by atoms with Gasteiger partial charge in [0.25, 0.3) is 0 Å². The molecule has 0 aromatic heterocycles. The molecule has 1 amide bonds. The molecule has 0 heterocycles. The van der Waals surface area contributed by atoms with Crippen LogP contribution < -0.4 is 5.32 Å². The second-order valence-corrected chi connectivity index (χ2v) is 21.4. The van der Waals surface area contributed by atoms with E-state index in [1.807, 2.05) is 27.2 Å². The van der Waals surface area contributed by atoms with Crippen molar-refractivity contribution in [1.29, 1.82) is 0 Å². The van der Waals surface area contributed by atoms with E-state index >= 15 is 0 Å². The maximum absolute atomic E-state index is 12.9. The molecule has 0 aliphatic heterocycles. The molecule has 0 rings (SSSR count). The topological polar surface area (TPSA) is 105 Å². The summed E-state index contributed by atoms with van der Waals surface area (Å²) in [6, 6.07) is -0.866. The highest BCUT2D eigenvalue weighted by Crippen LogP contribution is 2.43. The number of hydrogen-bond donors (Lipinski definition) is 3. The minimum Gasteiger partial charge on any atom is -0.387 e. The first-order chi connectivity index (χ1) is 31.0. The zero-order chi connectivity index (χ0) is 47.1. The van der Waals surface area contributed by atoms with Crippen LogP contribution in [0, 0.1) is 0 Å². The molecule has 378 valence electrons. The van der Waals surface area contributed by atoms with Gasteiger partial charge in [-0.05, 0) is 44.9 Å². The summed E-state index contributed by atoms with van der Waals surface area (Å²) in [5.74, 6) is -0.191. The fourth-order valence-corrected chi connectivity index (χ4v) is 8.75. The number of phosphoric ester groups is 1. The number of carbonyl (C=O) groups is 1. The number of likely N-dealkylation sites (N-methyl/N-ethyl adjacent to an activating group) is 1. The minimum atomic E-state index is -4.35. The van der Waals surface area contributed by atoms with Crippen LogP contribution >= 0.6 is 7.82 Å². The van der Waals surface area contributed by atoms with Crippen molar-refractivity contribution >= 4 is 13.7 Å². The number of quaternary nitrogens is 1. The van der Waals surface area contributed by atoms with E-state index in [1.165, 1.54) is 193 Å². The molecule has 0 spiro atoms. The van der Waals surface area contributed by atoms with Crippen molar-refractivity contribution in [2.75, 3.05) is 40.9 Å². The van der Waals surface area contributed by atoms with Crippen LogP contribution in [0.1, 0.15) is 258 Å². The lowest BCUT2D eigenvalue weighted by Crippen LogP contribution is -2.45. The van der Waals surface area contributed by atoms with Crippen molar-refractivity contribution in [3.63, 3.8) is 0 Å². The van der Waals surface area contributed by atoms with Crippen molar-refractivity contribution in [2.45, 2.75) is 270 Å². The van der Waals surface area contributed by atoms with Crippen LogP contribution in [0.2, 0.25) is 0 Å². The molecule has 0 aliphatic carbocycles. The lowest BCUT2D eigenvalue weighted by atomic mass is 10.0. The molecule has 0 aliphatic rings. The predicted octanol–water partition coefficient (Wildman–Crippen LogP) is 16.2. The van der Waals surface area contributed by atoms with E-state index in [0.29, 0.717) is 17.4 Å². The summed E-state index contributed by atoms with van der Waals surface area (Å²) in [5, 5.41) is 13.8. The van der Waals surface area contributed by atoms with Gasteiger partial charge in [0.15, 0.2) is 0 Å². The normalized spacial score (nSPS) is 14.3. The third-order valence-electron chi connectivity index (χ3n) is 12.3. The molecule has 64 heavy (non-hydrogen) atoms. The number of hydrogen-bond acceptors (Lipinski definition) is 5. The average molecular weight is 924 g/mol. The van der Waals surface area contributed by atoms with Crippen molar-refractivity contribution in [3.05, 3.63) is 36.5 Å². The predicted molar refractivity (Wildman–Crippen MR) is 277 cm³/mol. The van der Waals surface area contributed by atoms with Gasteiger partial charge in [0.2, 0.25) is 5.91 Å². The van der Waals surface area contributed by atoms with Crippen LogP contribution in [0.3, 0.4) is 0 Å². The Balaban J connectivity index is 4.15. The number of aliphatic hydroxyl groups is 1. The van der Waals surface area contributed by atoms with E-state index in [-0.39, 0.29) is 19.1 Å². The van der Waals surface area contributed by atoms with Gasteiger partial charge in [-0.3, -0.25) is 13.8 Å². The van der Waals surface area contributed by atoms with Crippen molar-refractivity contribution < 1.29 is 32.9 Å². The van der Waals surface area contributed by atoms with Gasteiger partial charge in [0.1, 0.15) is 13.2 Å². The van der Waals surface area contributed by atoms with Gasteiger partial charge in [-0.25, -0.2) is 4.57 Å². The first-order valence-corrected chi connectivity index (χ1v) is 28.9. The molecule has 0 saturated carbocycles. The lowest BCUT2D eigenvalue weighted by molar-refractivity contribution is -0.870. The third-order valence-corrected chi connectivity index (χ3v) is 13.3. The van der Waals surface area contributed by atoms with Gasteiger partial charge >= 0.3 is 7.82 Å². The highest BCUT2D eigenvalue weighted by Gasteiger charge is 2.27. The van der Waals surface area contributed by atoms with Gasteiger partial charge in [0.05, 0.1) is 39.9 Å². The highest BCUT2D eigenvalue weighted by atomic mass is 31.2. The van der Waals surface area contributed by atoms with Gasteiger partial charge in [-0.2, -0.15) is 0 Å². The lowest BCUT2D eigenvalue weighted by Gasteiger charge is -2.25. The number of rotatable bonds is 50. The van der Waals surface area contributed by atoms with E-state index in [1.54, 1.807) is 6.08 Å². The van der Waals surface area contributed by atoms with E-state index in [2.05, 4.69) is 43.5 Å². The minimum absolute atomic E-state index is 0.0547. The molecule has 0 fully saturated rings. The Hall–Kier alpha value is -1.28. The van der Waals surface area contributed by atoms with Gasteiger partial charge < -0.3 is 19.8 Å².